The maximum absolute atomic E-state index is 13.0. The highest BCUT2D eigenvalue weighted by Crippen LogP contribution is 2.21. The van der Waals surface area contributed by atoms with Crippen LogP contribution in [0.15, 0.2) is 31.0 Å². The van der Waals surface area contributed by atoms with Crippen LogP contribution in [-0.2, 0) is 6.54 Å². The van der Waals surface area contributed by atoms with E-state index >= 15 is 0 Å². The van der Waals surface area contributed by atoms with E-state index in [1.807, 2.05) is 11.5 Å². The number of halogens is 1. The Morgan fingerprint density at radius 1 is 1.35 bits per heavy atom. The van der Waals surface area contributed by atoms with E-state index in [1.165, 1.54) is 12.3 Å². The number of hydrogen-bond donors (Lipinski definition) is 1. The summed E-state index contributed by atoms with van der Waals surface area (Å²) in [4.78, 5) is 7.72. The van der Waals surface area contributed by atoms with Gasteiger partial charge in [0.25, 0.3) is 0 Å². The summed E-state index contributed by atoms with van der Waals surface area (Å²) in [7, 11) is 0. The lowest BCUT2D eigenvalue weighted by Crippen LogP contribution is -2.08. The molecule has 17 heavy (non-hydrogen) atoms. The Labute approximate surface area is 98.8 Å². The Morgan fingerprint density at radius 3 is 2.88 bits per heavy atom. The van der Waals surface area contributed by atoms with Gasteiger partial charge in [-0.15, -0.1) is 0 Å². The van der Waals surface area contributed by atoms with Gasteiger partial charge in [-0.1, -0.05) is 6.92 Å². The van der Waals surface area contributed by atoms with Crippen LogP contribution in [0.25, 0.3) is 0 Å². The Balaban J connectivity index is 2.30. The molecule has 2 aromatic heterocycles. The maximum atomic E-state index is 13.0. The zero-order chi connectivity index (χ0) is 12.3. The lowest BCUT2D eigenvalue weighted by molar-refractivity contribution is 0.208. The molecule has 0 amide bonds. The minimum Gasteiger partial charge on any atom is -0.382 e. The van der Waals surface area contributed by atoms with Gasteiger partial charge in [-0.2, -0.15) is 0 Å². The molecule has 0 saturated heterocycles. The van der Waals surface area contributed by atoms with Crippen molar-refractivity contribution in [2.24, 2.45) is 0 Å². The Morgan fingerprint density at radius 2 is 2.18 bits per heavy atom. The largest absolute Gasteiger partial charge is 0.382 e. The molecule has 2 rings (SSSR count). The smallest absolute Gasteiger partial charge is 0.141 e. The van der Waals surface area contributed by atoms with Gasteiger partial charge < -0.3 is 9.67 Å². The fraction of sp³-hybridized carbons (Fsp3) is 0.333. The second-order valence-corrected chi connectivity index (χ2v) is 3.85. The molecule has 0 fully saturated rings. The number of imidazole rings is 1. The number of aryl methyl sites for hydroxylation is 1. The number of aromatic nitrogens is 3. The van der Waals surface area contributed by atoms with Crippen molar-refractivity contribution in [3.8, 4) is 0 Å². The fourth-order valence-corrected chi connectivity index (χ4v) is 1.73. The van der Waals surface area contributed by atoms with Crippen LogP contribution in [0.1, 0.15) is 30.7 Å². The summed E-state index contributed by atoms with van der Waals surface area (Å²) >= 11 is 0. The van der Waals surface area contributed by atoms with E-state index in [-0.39, 0.29) is 0 Å². The molecule has 1 atom stereocenters. The minimum absolute atomic E-state index is 0.433. The van der Waals surface area contributed by atoms with Gasteiger partial charge in [0.15, 0.2) is 0 Å². The molecule has 0 saturated carbocycles. The molecule has 0 radical (unpaired) electrons. The molecule has 1 N–H and O–H groups in total. The third-order valence-corrected chi connectivity index (χ3v) is 2.53. The van der Waals surface area contributed by atoms with Gasteiger partial charge in [-0.05, 0) is 12.5 Å². The Hall–Kier alpha value is -1.75. The van der Waals surface area contributed by atoms with Crippen molar-refractivity contribution in [2.45, 2.75) is 26.0 Å². The molecule has 5 heteroatoms. The summed E-state index contributed by atoms with van der Waals surface area (Å²) < 4.78 is 14.9. The molecule has 0 aliphatic heterocycles. The van der Waals surface area contributed by atoms with Crippen molar-refractivity contribution in [3.63, 3.8) is 0 Å². The maximum Gasteiger partial charge on any atom is 0.141 e. The van der Waals surface area contributed by atoms with Gasteiger partial charge in [-0.25, -0.2) is 9.37 Å². The first-order valence-electron chi connectivity index (χ1n) is 5.51. The monoisotopic (exact) mass is 235 g/mol. The van der Waals surface area contributed by atoms with Crippen molar-refractivity contribution in [2.75, 3.05) is 0 Å². The van der Waals surface area contributed by atoms with Crippen LogP contribution in [0, 0.1) is 5.82 Å². The third-order valence-electron chi connectivity index (χ3n) is 2.53. The van der Waals surface area contributed by atoms with E-state index in [4.69, 9.17) is 0 Å². The van der Waals surface area contributed by atoms with Gasteiger partial charge in [0, 0.05) is 18.3 Å². The highest BCUT2D eigenvalue weighted by molar-refractivity contribution is 5.22. The van der Waals surface area contributed by atoms with Crippen LogP contribution in [0.2, 0.25) is 0 Å². The summed E-state index contributed by atoms with van der Waals surface area (Å²) in [6, 6.07) is 1.28. The molecule has 0 aliphatic carbocycles. The van der Waals surface area contributed by atoms with Crippen LogP contribution < -0.4 is 0 Å². The number of pyridine rings is 1. The number of hydrogen-bond acceptors (Lipinski definition) is 3. The number of rotatable bonds is 4. The van der Waals surface area contributed by atoms with E-state index in [0.29, 0.717) is 11.3 Å². The standard InChI is InChI=1S/C12H14FN3O/c1-2-3-16-8-15-7-11(16)12(17)9-4-10(13)6-14-5-9/h4-8,12,17H,2-3H2,1H3. The van der Waals surface area contributed by atoms with Gasteiger partial charge in [0.1, 0.15) is 11.9 Å². The quantitative estimate of drug-likeness (QED) is 0.880. The highest BCUT2D eigenvalue weighted by Gasteiger charge is 2.15. The third kappa shape index (κ3) is 2.50. The molecular weight excluding hydrogens is 221 g/mol. The summed E-state index contributed by atoms with van der Waals surface area (Å²) in [6.07, 6.45) is 5.86. The molecular formula is C12H14FN3O. The van der Waals surface area contributed by atoms with Crippen LogP contribution in [0.4, 0.5) is 4.39 Å². The van der Waals surface area contributed by atoms with Gasteiger partial charge in [0.2, 0.25) is 0 Å². The molecule has 0 bridgehead atoms. The average Bonchev–Trinajstić information content (AvgIpc) is 2.77. The second-order valence-electron chi connectivity index (χ2n) is 3.85. The normalized spacial score (nSPS) is 12.6. The zero-order valence-electron chi connectivity index (χ0n) is 9.55. The first-order chi connectivity index (χ1) is 8.22. The average molecular weight is 235 g/mol. The molecule has 2 heterocycles. The molecule has 2 aromatic rings. The summed E-state index contributed by atoms with van der Waals surface area (Å²) in [5.41, 5.74) is 1.09. The van der Waals surface area contributed by atoms with Crippen LogP contribution >= 0.6 is 0 Å². The van der Waals surface area contributed by atoms with E-state index in [0.717, 1.165) is 19.2 Å². The lowest BCUT2D eigenvalue weighted by atomic mass is 10.1. The van der Waals surface area contributed by atoms with Crippen molar-refractivity contribution >= 4 is 0 Å². The van der Waals surface area contributed by atoms with Crippen molar-refractivity contribution < 1.29 is 9.50 Å². The van der Waals surface area contributed by atoms with E-state index in [9.17, 15) is 9.50 Å². The van der Waals surface area contributed by atoms with Gasteiger partial charge in [0.05, 0.1) is 24.4 Å². The van der Waals surface area contributed by atoms with Gasteiger partial charge in [-0.3, -0.25) is 4.98 Å². The van der Waals surface area contributed by atoms with Crippen LogP contribution in [-0.4, -0.2) is 19.6 Å². The summed E-state index contributed by atoms with van der Waals surface area (Å²) in [6.45, 7) is 2.81. The predicted molar refractivity (Wildman–Crippen MR) is 60.8 cm³/mol. The molecule has 4 nitrogen and oxygen atoms in total. The Kier molecular flexibility index (Phi) is 3.49. The number of aliphatic hydroxyl groups excluding tert-OH is 1. The summed E-state index contributed by atoms with van der Waals surface area (Å²) in [5, 5.41) is 10.1. The summed E-state index contributed by atoms with van der Waals surface area (Å²) in [5.74, 6) is -0.455. The second kappa shape index (κ2) is 5.05. The SMILES string of the molecule is CCCn1cncc1C(O)c1cncc(F)c1. The Bertz CT molecular complexity index is 498. The highest BCUT2D eigenvalue weighted by atomic mass is 19.1. The molecule has 1 unspecified atom stereocenters. The van der Waals surface area contributed by atoms with E-state index in [2.05, 4.69) is 9.97 Å². The molecule has 0 aromatic carbocycles. The molecule has 0 spiro atoms. The number of nitrogens with zero attached hydrogens (tertiary/aromatic N) is 3. The van der Waals surface area contributed by atoms with E-state index in [1.54, 1.807) is 12.5 Å². The van der Waals surface area contributed by atoms with Crippen LogP contribution in [0.3, 0.4) is 0 Å². The van der Waals surface area contributed by atoms with Crippen molar-refractivity contribution in [1.29, 1.82) is 0 Å². The van der Waals surface area contributed by atoms with E-state index < -0.39 is 11.9 Å². The topological polar surface area (TPSA) is 50.9 Å². The fourth-order valence-electron chi connectivity index (χ4n) is 1.73. The first kappa shape index (κ1) is 11.7. The zero-order valence-corrected chi connectivity index (χ0v) is 9.55. The van der Waals surface area contributed by atoms with Crippen molar-refractivity contribution in [1.82, 2.24) is 14.5 Å². The van der Waals surface area contributed by atoms with Gasteiger partial charge >= 0.3 is 0 Å². The molecule has 0 aliphatic rings. The minimum atomic E-state index is -0.896. The van der Waals surface area contributed by atoms with Crippen LogP contribution in [0.5, 0.6) is 0 Å². The first-order valence-corrected chi connectivity index (χ1v) is 5.51. The van der Waals surface area contributed by atoms with Crippen molar-refractivity contribution in [3.05, 3.63) is 48.1 Å². The number of aliphatic hydroxyl groups is 1. The molecule has 90 valence electrons. The predicted octanol–water partition coefficient (Wildman–Crippen LogP) is 1.91. The lowest BCUT2D eigenvalue weighted by Gasteiger charge is -2.13.